The smallest absolute Gasteiger partial charge is 0.221 e. The Balaban J connectivity index is 3.24. The van der Waals surface area contributed by atoms with Crippen LogP contribution in [0.5, 0.6) is 0 Å². The van der Waals surface area contributed by atoms with Crippen LogP contribution < -0.4 is 0 Å². The molecule has 1 rings (SSSR count). The highest BCUT2D eigenvalue weighted by molar-refractivity contribution is 7.81. The summed E-state index contributed by atoms with van der Waals surface area (Å²) in [6, 6.07) is 4.07. The molecule has 148 valence electrons. The van der Waals surface area contributed by atoms with E-state index < -0.39 is 7.14 Å². The van der Waals surface area contributed by atoms with Gasteiger partial charge in [-0.25, -0.2) is 0 Å². The van der Waals surface area contributed by atoms with Gasteiger partial charge in [-0.3, -0.25) is 4.79 Å². The highest BCUT2D eigenvalue weighted by atomic mass is 31.2. The molecule has 2 atom stereocenters. The summed E-state index contributed by atoms with van der Waals surface area (Å²) in [5.74, 6) is 0.734. The molecule has 0 saturated carbocycles. The third-order valence-corrected chi connectivity index (χ3v) is 8.05. The van der Waals surface area contributed by atoms with E-state index in [1.807, 2.05) is 32.9 Å². The molecule has 0 fully saturated rings. The Morgan fingerprint density at radius 2 is 1.54 bits per heavy atom. The second-order valence-corrected chi connectivity index (χ2v) is 12.9. The average molecular weight is 379 g/mol. The summed E-state index contributed by atoms with van der Waals surface area (Å²) in [7, 11) is -2.94. The van der Waals surface area contributed by atoms with Gasteiger partial charge in [-0.15, -0.1) is 0 Å². The molecule has 0 amide bonds. The summed E-state index contributed by atoms with van der Waals surface area (Å²) in [6.07, 6.45) is 2.89. The van der Waals surface area contributed by atoms with Gasteiger partial charge in [0.15, 0.2) is 7.14 Å². The normalized spacial score (nSPS) is 15.8. The van der Waals surface area contributed by atoms with Gasteiger partial charge in [-0.1, -0.05) is 59.2 Å². The molecule has 1 aromatic carbocycles. The lowest BCUT2D eigenvalue weighted by molar-refractivity contribution is 0.107. The molecule has 0 radical (unpaired) electrons. The van der Waals surface area contributed by atoms with E-state index in [9.17, 15) is 9.36 Å². The van der Waals surface area contributed by atoms with Crippen molar-refractivity contribution in [2.24, 2.45) is 17.3 Å². The molecular formula is C23H39O2P. The molecule has 0 aromatic heterocycles. The summed E-state index contributed by atoms with van der Waals surface area (Å²) >= 11 is 0. The van der Waals surface area contributed by atoms with Gasteiger partial charge < -0.3 is 4.57 Å². The first-order valence-electron chi connectivity index (χ1n) is 9.96. The first kappa shape index (κ1) is 23.2. The maximum absolute atomic E-state index is 14.0. The van der Waals surface area contributed by atoms with Crippen molar-refractivity contribution in [3.8, 4) is 0 Å². The molecule has 0 aliphatic carbocycles. The lowest BCUT2D eigenvalue weighted by Gasteiger charge is -2.27. The second-order valence-electron chi connectivity index (χ2n) is 9.93. The molecule has 0 saturated heterocycles. The van der Waals surface area contributed by atoms with Crippen LogP contribution in [-0.2, 0) is 4.57 Å². The minimum atomic E-state index is -2.94. The fraction of sp³-hybridized carbons (Fsp3) is 0.696. The van der Waals surface area contributed by atoms with Gasteiger partial charge in [0.1, 0.15) is 0 Å². The maximum Gasteiger partial charge on any atom is 0.221 e. The fourth-order valence-corrected chi connectivity index (χ4v) is 7.46. The predicted octanol–water partition coefficient (Wildman–Crippen LogP) is 7.23. The third-order valence-electron chi connectivity index (χ3n) is 4.90. The number of rotatable bonds is 8. The SMILES string of the molecule is Cc1cc(C)c(C(=O)P(=O)(CCC(C)C)CC(C)CC(C)(C)C)c(C)c1. The van der Waals surface area contributed by atoms with Gasteiger partial charge in [0.05, 0.1) is 0 Å². The Hall–Kier alpha value is -0.880. The Kier molecular flexibility index (Phi) is 7.90. The van der Waals surface area contributed by atoms with E-state index >= 15 is 0 Å². The van der Waals surface area contributed by atoms with Gasteiger partial charge >= 0.3 is 0 Å². The quantitative estimate of drug-likeness (QED) is 0.447. The molecule has 0 spiro atoms. The zero-order valence-electron chi connectivity index (χ0n) is 18.4. The second kappa shape index (κ2) is 8.87. The number of carbonyl (C=O) groups excluding carboxylic acids is 1. The minimum absolute atomic E-state index is 0.0890. The molecule has 0 heterocycles. The van der Waals surface area contributed by atoms with Crippen molar-refractivity contribution < 1.29 is 9.36 Å². The van der Waals surface area contributed by atoms with Gasteiger partial charge in [0, 0.05) is 17.9 Å². The van der Waals surface area contributed by atoms with Crippen molar-refractivity contribution >= 4 is 12.7 Å². The van der Waals surface area contributed by atoms with Crippen LogP contribution in [0.25, 0.3) is 0 Å². The Morgan fingerprint density at radius 3 is 1.96 bits per heavy atom. The fourth-order valence-electron chi connectivity index (χ4n) is 4.08. The molecule has 0 aliphatic heterocycles. The van der Waals surface area contributed by atoms with E-state index in [2.05, 4.69) is 41.5 Å². The van der Waals surface area contributed by atoms with Crippen LogP contribution in [0.4, 0.5) is 0 Å². The van der Waals surface area contributed by atoms with E-state index in [-0.39, 0.29) is 16.9 Å². The molecule has 2 unspecified atom stereocenters. The van der Waals surface area contributed by atoms with Crippen LogP contribution in [0.1, 0.15) is 81.4 Å². The van der Waals surface area contributed by atoms with Crippen molar-refractivity contribution in [2.75, 3.05) is 12.3 Å². The molecule has 0 N–H and O–H groups in total. The number of aryl methyl sites for hydroxylation is 3. The molecular weight excluding hydrogens is 339 g/mol. The van der Waals surface area contributed by atoms with Crippen molar-refractivity contribution in [3.05, 3.63) is 34.4 Å². The number of hydrogen-bond acceptors (Lipinski definition) is 2. The highest BCUT2D eigenvalue weighted by Gasteiger charge is 2.36. The van der Waals surface area contributed by atoms with E-state index in [0.717, 1.165) is 29.5 Å². The summed E-state index contributed by atoms with van der Waals surface area (Å²) < 4.78 is 14.0. The van der Waals surface area contributed by atoms with E-state index in [1.54, 1.807) is 0 Å². The molecule has 0 aliphatic rings. The standard InChI is InChI=1S/C23H39O2P/c1-16(2)10-11-26(25,15-18(4)14-23(7,8)9)22(24)21-19(5)12-17(3)13-20(21)6/h12-13,16,18H,10-11,14-15H2,1-9H3. The largest absolute Gasteiger partial charge is 0.315 e. The number of carbonyl (C=O) groups is 1. The van der Waals surface area contributed by atoms with Gasteiger partial charge in [-0.2, -0.15) is 0 Å². The Labute approximate surface area is 161 Å². The predicted molar refractivity (Wildman–Crippen MR) is 115 cm³/mol. The molecule has 26 heavy (non-hydrogen) atoms. The van der Waals surface area contributed by atoms with E-state index in [1.165, 1.54) is 0 Å². The van der Waals surface area contributed by atoms with Gasteiger partial charge in [0.25, 0.3) is 0 Å². The van der Waals surface area contributed by atoms with Crippen LogP contribution >= 0.6 is 7.14 Å². The first-order chi connectivity index (χ1) is 11.7. The molecule has 1 aromatic rings. The third kappa shape index (κ3) is 6.69. The topological polar surface area (TPSA) is 34.1 Å². The summed E-state index contributed by atoms with van der Waals surface area (Å²) in [5.41, 5.74) is 3.86. The van der Waals surface area contributed by atoms with E-state index in [4.69, 9.17) is 0 Å². The van der Waals surface area contributed by atoms with Crippen LogP contribution in [0.3, 0.4) is 0 Å². The van der Waals surface area contributed by atoms with Crippen molar-refractivity contribution in [1.82, 2.24) is 0 Å². The van der Waals surface area contributed by atoms with Crippen LogP contribution in [0.2, 0.25) is 0 Å². The van der Waals surface area contributed by atoms with Gasteiger partial charge in [0.2, 0.25) is 5.52 Å². The van der Waals surface area contributed by atoms with Crippen molar-refractivity contribution in [2.45, 2.75) is 75.2 Å². The van der Waals surface area contributed by atoms with Crippen LogP contribution in [0, 0.1) is 38.0 Å². The van der Waals surface area contributed by atoms with Crippen LogP contribution in [-0.4, -0.2) is 17.8 Å². The zero-order chi connectivity index (χ0) is 20.3. The maximum atomic E-state index is 14.0. The molecule has 2 nitrogen and oxygen atoms in total. The highest BCUT2D eigenvalue weighted by Crippen LogP contribution is 2.53. The van der Waals surface area contributed by atoms with E-state index in [0.29, 0.717) is 23.8 Å². The van der Waals surface area contributed by atoms with Crippen molar-refractivity contribution in [1.29, 1.82) is 0 Å². The lowest BCUT2D eigenvalue weighted by atomic mass is 9.86. The minimum Gasteiger partial charge on any atom is -0.315 e. The first-order valence-corrected chi connectivity index (χ1v) is 12.0. The summed E-state index contributed by atoms with van der Waals surface area (Å²) in [6.45, 7) is 19.0. The molecule has 0 bridgehead atoms. The molecule has 3 heteroatoms. The summed E-state index contributed by atoms with van der Waals surface area (Å²) in [4.78, 5) is 13.5. The van der Waals surface area contributed by atoms with Crippen molar-refractivity contribution in [3.63, 3.8) is 0 Å². The summed E-state index contributed by atoms with van der Waals surface area (Å²) in [5, 5.41) is 0. The Bertz CT molecular complexity index is 657. The number of hydrogen-bond donors (Lipinski definition) is 0. The Morgan fingerprint density at radius 1 is 1.04 bits per heavy atom. The van der Waals surface area contributed by atoms with Gasteiger partial charge in [-0.05, 0) is 62.0 Å². The number of benzene rings is 1. The zero-order valence-corrected chi connectivity index (χ0v) is 19.3. The lowest BCUT2D eigenvalue weighted by Crippen LogP contribution is -2.19. The average Bonchev–Trinajstić information content (AvgIpc) is 2.41. The monoisotopic (exact) mass is 378 g/mol. The van der Waals surface area contributed by atoms with Crippen LogP contribution in [0.15, 0.2) is 12.1 Å².